The van der Waals surface area contributed by atoms with E-state index >= 15 is 0 Å². The van der Waals surface area contributed by atoms with Crippen LogP contribution in [0.15, 0.2) is 36.7 Å². The first-order valence-electron chi connectivity index (χ1n) is 7.06. The van der Waals surface area contributed by atoms with Crippen LogP contribution in [0.2, 0.25) is 0 Å². The molecule has 1 aromatic carbocycles. The summed E-state index contributed by atoms with van der Waals surface area (Å²) in [5.74, 6) is -0.156. The molecule has 0 aliphatic carbocycles. The number of benzene rings is 1. The molecule has 1 aromatic heterocycles. The molecule has 1 saturated heterocycles. The number of rotatable bonds is 3. The van der Waals surface area contributed by atoms with Crippen molar-refractivity contribution in [2.75, 3.05) is 43.4 Å². The summed E-state index contributed by atoms with van der Waals surface area (Å²) >= 11 is 0. The number of hydrogen-bond acceptors (Lipinski definition) is 4. The van der Waals surface area contributed by atoms with E-state index in [1.807, 2.05) is 12.1 Å². The van der Waals surface area contributed by atoms with E-state index in [0.29, 0.717) is 5.56 Å². The van der Waals surface area contributed by atoms with Gasteiger partial charge in [-0.25, -0.2) is 0 Å². The first-order chi connectivity index (χ1) is 10.2. The van der Waals surface area contributed by atoms with Crippen LogP contribution in [0.4, 0.5) is 11.4 Å². The first-order valence-corrected chi connectivity index (χ1v) is 7.06. The summed E-state index contributed by atoms with van der Waals surface area (Å²) in [5, 5.41) is 9.26. The second kappa shape index (κ2) is 5.97. The molecular formula is C15H19N5O. The molecule has 0 unspecified atom stereocenters. The highest BCUT2D eigenvalue weighted by atomic mass is 16.1. The largest absolute Gasteiger partial charge is 0.369 e. The highest BCUT2D eigenvalue weighted by molar-refractivity contribution is 6.03. The summed E-state index contributed by atoms with van der Waals surface area (Å²) in [6.45, 7) is 4.24. The molecule has 6 heteroatoms. The van der Waals surface area contributed by atoms with Gasteiger partial charge < -0.3 is 15.1 Å². The maximum atomic E-state index is 11.9. The number of nitrogens with zero attached hydrogens (tertiary/aromatic N) is 3. The Morgan fingerprint density at radius 2 is 1.90 bits per heavy atom. The fourth-order valence-electron chi connectivity index (χ4n) is 2.40. The minimum absolute atomic E-state index is 0.156. The number of nitrogens with one attached hydrogen (secondary N) is 2. The van der Waals surface area contributed by atoms with Crippen LogP contribution in [-0.4, -0.2) is 54.2 Å². The third-order valence-corrected chi connectivity index (χ3v) is 3.75. The Kier molecular flexibility index (Phi) is 3.87. The zero-order valence-corrected chi connectivity index (χ0v) is 12.0. The standard InChI is InChI=1S/C15H19N5O/c1-19-6-8-20(9-7-19)14-4-2-13(3-5-14)18-15(21)12-10-16-17-11-12/h2-5,10-11H,6-9H2,1H3,(H,16,17)(H,18,21). The van der Waals surface area contributed by atoms with Gasteiger partial charge in [0.05, 0.1) is 11.8 Å². The summed E-state index contributed by atoms with van der Waals surface area (Å²) in [4.78, 5) is 16.6. The lowest BCUT2D eigenvalue weighted by Gasteiger charge is -2.34. The predicted octanol–water partition coefficient (Wildman–Crippen LogP) is 1.41. The molecule has 1 amide bonds. The Hall–Kier alpha value is -2.34. The Morgan fingerprint density at radius 1 is 1.19 bits per heavy atom. The molecule has 21 heavy (non-hydrogen) atoms. The molecule has 6 nitrogen and oxygen atoms in total. The summed E-state index contributed by atoms with van der Waals surface area (Å²) in [6, 6.07) is 7.98. The van der Waals surface area contributed by atoms with Crippen molar-refractivity contribution < 1.29 is 4.79 Å². The van der Waals surface area contributed by atoms with Gasteiger partial charge in [-0.15, -0.1) is 0 Å². The molecule has 0 radical (unpaired) electrons. The van der Waals surface area contributed by atoms with Crippen LogP contribution in [0.5, 0.6) is 0 Å². The van der Waals surface area contributed by atoms with Gasteiger partial charge in [-0.1, -0.05) is 0 Å². The molecule has 2 aromatic rings. The van der Waals surface area contributed by atoms with Crippen molar-refractivity contribution in [2.24, 2.45) is 0 Å². The van der Waals surface area contributed by atoms with Gasteiger partial charge in [0.2, 0.25) is 0 Å². The molecule has 0 atom stereocenters. The molecule has 3 rings (SSSR count). The summed E-state index contributed by atoms with van der Waals surface area (Å²) in [5.41, 5.74) is 2.52. The minimum Gasteiger partial charge on any atom is -0.369 e. The molecule has 0 spiro atoms. The van der Waals surface area contributed by atoms with Crippen LogP contribution in [-0.2, 0) is 0 Å². The maximum absolute atomic E-state index is 11.9. The lowest BCUT2D eigenvalue weighted by molar-refractivity contribution is 0.102. The van der Waals surface area contributed by atoms with Crippen molar-refractivity contribution in [3.8, 4) is 0 Å². The van der Waals surface area contributed by atoms with Crippen molar-refractivity contribution in [3.05, 3.63) is 42.2 Å². The van der Waals surface area contributed by atoms with Crippen LogP contribution in [0.3, 0.4) is 0 Å². The smallest absolute Gasteiger partial charge is 0.258 e. The van der Waals surface area contributed by atoms with Gasteiger partial charge in [0.1, 0.15) is 0 Å². The molecule has 1 aliphatic heterocycles. The van der Waals surface area contributed by atoms with Crippen LogP contribution >= 0.6 is 0 Å². The van der Waals surface area contributed by atoms with Crippen LogP contribution in [0, 0.1) is 0 Å². The minimum atomic E-state index is -0.156. The Labute approximate surface area is 123 Å². The van der Waals surface area contributed by atoms with Gasteiger partial charge in [0.25, 0.3) is 5.91 Å². The zero-order valence-electron chi connectivity index (χ0n) is 12.0. The van der Waals surface area contributed by atoms with E-state index < -0.39 is 0 Å². The number of piperazine rings is 1. The van der Waals surface area contributed by atoms with E-state index in [4.69, 9.17) is 0 Å². The number of amides is 1. The highest BCUT2D eigenvalue weighted by Gasteiger charge is 2.14. The van der Waals surface area contributed by atoms with Gasteiger partial charge in [-0.05, 0) is 31.3 Å². The number of anilines is 2. The van der Waals surface area contributed by atoms with Crippen molar-refractivity contribution in [1.29, 1.82) is 0 Å². The lowest BCUT2D eigenvalue weighted by atomic mass is 10.2. The molecule has 1 fully saturated rings. The number of H-pyrrole nitrogens is 1. The van der Waals surface area contributed by atoms with E-state index in [1.165, 1.54) is 11.9 Å². The number of likely N-dealkylation sites (N-methyl/N-ethyl adjacent to an activating group) is 1. The van der Waals surface area contributed by atoms with Gasteiger partial charge in [-0.3, -0.25) is 9.89 Å². The molecular weight excluding hydrogens is 266 g/mol. The van der Waals surface area contributed by atoms with Gasteiger partial charge in [0, 0.05) is 43.8 Å². The van der Waals surface area contributed by atoms with Gasteiger partial charge in [-0.2, -0.15) is 5.10 Å². The molecule has 0 bridgehead atoms. The maximum Gasteiger partial charge on any atom is 0.258 e. The Morgan fingerprint density at radius 3 is 2.52 bits per heavy atom. The van der Waals surface area contributed by atoms with Gasteiger partial charge in [0.15, 0.2) is 0 Å². The quantitative estimate of drug-likeness (QED) is 0.895. The first kappa shape index (κ1) is 13.6. The number of aromatic nitrogens is 2. The third kappa shape index (κ3) is 3.22. The second-order valence-electron chi connectivity index (χ2n) is 5.28. The fraction of sp³-hybridized carbons (Fsp3) is 0.333. The van der Waals surface area contributed by atoms with Gasteiger partial charge >= 0.3 is 0 Å². The SMILES string of the molecule is CN1CCN(c2ccc(NC(=O)c3cn[nH]c3)cc2)CC1. The highest BCUT2D eigenvalue weighted by Crippen LogP contribution is 2.19. The van der Waals surface area contributed by atoms with E-state index in [9.17, 15) is 4.79 Å². The summed E-state index contributed by atoms with van der Waals surface area (Å²) < 4.78 is 0. The molecule has 110 valence electrons. The van der Waals surface area contributed by atoms with Crippen molar-refractivity contribution in [3.63, 3.8) is 0 Å². The fourth-order valence-corrected chi connectivity index (χ4v) is 2.40. The number of aromatic amines is 1. The van der Waals surface area contributed by atoms with E-state index in [2.05, 4.69) is 44.5 Å². The van der Waals surface area contributed by atoms with Crippen LogP contribution in [0.1, 0.15) is 10.4 Å². The average molecular weight is 285 g/mol. The summed E-state index contributed by atoms with van der Waals surface area (Å²) in [6.07, 6.45) is 3.09. The van der Waals surface area contributed by atoms with Crippen LogP contribution in [0.25, 0.3) is 0 Å². The second-order valence-corrected chi connectivity index (χ2v) is 5.28. The Bertz CT molecular complexity index is 585. The van der Waals surface area contributed by atoms with Crippen molar-refractivity contribution >= 4 is 17.3 Å². The van der Waals surface area contributed by atoms with E-state index in [0.717, 1.165) is 31.9 Å². The molecule has 0 saturated carbocycles. The Balaban J connectivity index is 1.63. The lowest BCUT2D eigenvalue weighted by Crippen LogP contribution is -2.44. The topological polar surface area (TPSA) is 64.3 Å². The molecule has 2 N–H and O–H groups in total. The number of carbonyl (C=O) groups excluding carboxylic acids is 1. The third-order valence-electron chi connectivity index (χ3n) is 3.75. The predicted molar refractivity (Wildman–Crippen MR) is 82.7 cm³/mol. The van der Waals surface area contributed by atoms with Crippen LogP contribution < -0.4 is 10.2 Å². The van der Waals surface area contributed by atoms with E-state index in [-0.39, 0.29) is 5.91 Å². The monoisotopic (exact) mass is 285 g/mol. The summed E-state index contributed by atoms with van der Waals surface area (Å²) in [7, 11) is 2.14. The number of hydrogen-bond donors (Lipinski definition) is 2. The average Bonchev–Trinajstić information content (AvgIpc) is 3.03. The van der Waals surface area contributed by atoms with Crippen molar-refractivity contribution in [2.45, 2.75) is 0 Å². The number of carbonyl (C=O) groups is 1. The molecule has 1 aliphatic rings. The van der Waals surface area contributed by atoms with E-state index in [1.54, 1.807) is 6.20 Å². The zero-order chi connectivity index (χ0) is 14.7. The molecule has 2 heterocycles. The van der Waals surface area contributed by atoms with Crippen molar-refractivity contribution in [1.82, 2.24) is 15.1 Å². The normalized spacial score (nSPS) is 16.0.